The zero-order valence-electron chi connectivity index (χ0n) is 13.7. The van der Waals surface area contributed by atoms with Crippen LogP contribution >= 0.6 is 0 Å². The molecule has 3 rings (SSSR count). The maximum absolute atomic E-state index is 12.2. The topological polar surface area (TPSA) is 17.1 Å². The van der Waals surface area contributed by atoms with Crippen LogP contribution in [0.3, 0.4) is 0 Å². The number of fused-ring (bicyclic) bond motifs is 1. The summed E-state index contributed by atoms with van der Waals surface area (Å²) in [5, 5.41) is 0. The van der Waals surface area contributed by atoms with E-state index in [1.807, 2.05) is 0 Å². The van der Waals surface area contributed by atoms with Gasteiger partial charge in [-0.2, -0.15) is 0 Å². The van der Waals surface area contributed by atoms with E-state index in [2.05, 4.69) is 20.8 Å². The Morgan fingerprint density at radius 1 is 1.25 bits per heavy atom. The van der Waals surface area contributed by atoms with Crippen LogP contribution in [0.15, 0.2) is 0 Å². The Labute approximate surface area is 124 Å². The molecule has 0 radical (unpaired) electrons. The first-order valence-electron chi connectivity index (χ1n) is 9.03. The molecular weight excluding hydrogens is 244 g/mol. The zero-order valence-corrected chi connectivity index (χ0v) is 13.7. The van der Waals surface area contributed by atoms with Crippen LogP contribution in [0.5, 0.6) is 0 Å². The quantitative estimate of drug-likeness (QED) is 0.689. The van der Waals surface area contributed by atoms with E-state index in [1.165, 1.54) is 44.9 Å². The number of rotatable bonds is 3. The minimum Gasteiger partial charge on any atom is -0.299 e. The van der Waals surface area contributed by atoms with Crippen molar-refractivity contribution in [2.24, 2.45) is 35.0 Å². The third-order valence-electron chi connectivity index (χ3n) is 7.13. The lowest BCUT2D eigenvalue weighted by molar-refractivity contribution is -0.130. The summed E-state index contributed by atoms with van der Waals surface area (Å²) in [7, 11) is 0. The third-order valence-corrected chi connectivity index (χ3v) is 7.13. The monoisotopic (exact) mass is 276 g/mol. The molecule has 3 aliphatic rings. The lowest BCUT2D eigenvalue weighted by atomic mass is 9.61. The van der Waals surface area contributed by atoms with Gasteiger partial charge in [-0.3, -0.25) is 4.79 Å². The smallest absolute Gasteiger partial charge is 0.136 e. The number of Topliss-reactive ketones (excluding diaryl/α,β-unsaturated/α-hetero) is 1. The molecule has 0 aromatic rings. The second kappa shape index (κ2) is 5.46. The van der Waals surface area contributed by atoms with E-state index in [-0.39, 0.29) is 0 Å². The van der Waals surface area contributed by atoms with Gasteiger partial charge in [0.05, 0.1) is 0 Å². The van der Waals surface area contributed by atoms with E-state index < -0.39 is 0 Å². The van der Waals surface area contributed by atoms with E-state index in [0.717, 1.165) is 36.5 Å². The first kappa shape index (κ1) is 14.6. The Morgan fingerprint density at radius 2 is 2.05 bits per heavy atom. The summed E-state index contributed by atoms with van der Waals surface area (Å²) in [5.74, 6) is 4.56. The molecule has 0 aromatic heterocycles. The standard InChI is InChI=1S/C19H32O/c1-13-6-7-15(11-13)12-14(2)16-8-9-17-18(20)5-4-10-19(16,17)3/h13-17H,4-12H2,1-3H3/t13?,14-,15?,16?,17-,19-/m1/s1. The largest absolute Gasteiger partial charge is 0.299 e. The van der Waals surface area contributed by atoms with Gasteiger partial charge < -0.3 is 0 Å². The highest BCUT2D eigenvalue weighted by Gasteiger charge is 2.52. The van der Waals surface area contributed by atoms with Gasteiger partial charge in [-0.25, -0.2) is 0 Å². The summed E-state index contributed by atoms with van der Waals surface area (Å²) >= 11 is 0. The fraction of sp³-hybridized carbons (Fsp3) is 0.947. The maximum Gasteiger partial charge on any atom is 0.136 e. The Hall–Kier alpha value is -0.330. The number of hydrogen-bond acceptors (Lipinski definition) is 1. The molecule has 6 atom stereocenters. The third kappa shape index (κ3) is 2.46. The van der Waals surface area contributed by atoms with Crippen LogP contribution in [0.4, 0.5) is 0 Å². The van der Waals surface area contributed by atoms with Crippen molar-refractivity contribution in [2.75, 3.05) is 0 Å². The summed E-state index contributed by atoms with van der Waals surface area (Å²) < 4.78 is 0. The van der Waals surface area contributed by atoms with Crippen LogP contribution in [-0.2, 0) is 4.79 Å². The molecule has 0 N–H and O–H groups in total. The van der Waals surface area contributed by atoms with Crippen LogP contribution in [0.25, 0.3) is 0 Å². The molecule has 0 saturated heterocycles. The molecule has 0 spiro atoms. The molecule has 3 aliphatic carbocycles. The Bertz CT molecular complexity index is 374. The van der Waals surface area contributed by atoms with Crippen molar-refractivity contribution in [3.63, 3.8) is 0 Å². The van der Waals surface area contributed by atoms with Gasteiger partial charge in [0.25, 0.3) is 0 Å². The molecule has 0 amide bonds. The Kier molecular flexibility index (Phi) is 3.99. The summed E-state index contributed by atoms with van der Waals surface area (Å²) in [6.45, 7) is 7.35. The van der Waals surface area contributed by atoms with Gasteiger partial charge in [0.15, 0.2) is 0 Å². The molecule has 3 unspecified atom stereocenters. The number of ketones is 1. The number of hydrogen-bond donors (Lipinski definition) is 0. The van der Waals surface area contributed by atoms with Crippen molar-refractivity contribution in [3.8, 4) is 0 Å². The van der Waals surface area contributed by atoms with E-state index in [1.54, 1.807) is 0 Å². The van der Waals surface area contributed by atoms with E-state index in [9.17, 15) is 4.79 Å². The van der Waals surface area contributed by atoms with Crippen molar-refractivity contribution in [1.82, 2.24) is 0 Å². The van der Waals surface area contributed by atoms with Crippen LogP contribution in [0.1, 0.15) is 78.6 Å². The lowest BCUT2D eigenvalue weighted by Gasteiger charge is -2.42. The van der Waals surface area contributed by atoms with Gasteiger partial charge in [-0.1, -0.05) is 33.6 Å². The van der Waals surface area contributed by atoms with Crippen molar-refractivity contribution in [2.45, 2.75) is 78.6 Å². The Morgan fingerprint density at radius 3 is 2.75 bits per heavy atom. The van der Waals surface area contributed by atoms with Crippen LogP contribution in [0, 0.1) is 35.0 Å². The average Bonchev–Trinajstić information content (AvgIpc) is 2.93. The molecule has 0 aliphatic heterocycles. The van der Waals surface area contributed by atoms with Gasteiger partial charge in [-0.15, -0.1) is 0 Å². The van der Waals surface area contributed by atoms with Crippen LogP contribution in [-0.4, -0.2) is 5.78 Å². The lowest BCUT2D eigenvalue weighted by Crippen LogP contribution is -2.39. The molecular formula is C19H32O. The number of carbonyl (C=O) groups excluding carboxylic acids is 1. The van der Waals surface area contributed by atoms with Crippen LogP contribution in [0.2, 0.25) is 0 Å². The zero-order chi connectivity index (χ0) is 14.3. The Balaban J connectivity index is 1.66. The van der Waals surface area contributed by atoms with Crippen molar-refractivity contribution >= 4 is 5.78 Å². The molecule has 114 valence electrons. The fourth-order valence-electron chi connectivity index (χ4n) is 6.13. The number of carbonyl (C=O) groups is 1. The highest BCUT2D eigenvalue weighted by molar-refractivity contribution is 5.83. The predicted octanol–water partition coefficient (Wildman–Crippen LogP) is 5.23. The summed E-state index contributed by atoms with van der Waals surface area (Å²) in [6.07, 6.45) is 11.6. The second-order valence-electron chi connectivity index (χ2n) is 8.56. The normalized spacial score (nSPS) is 46.5. The average molecular weight is 276 g/mol. The molecule has 0 bridgehead atoms. The van der Waals surface area contributed by atoms with Gasteiger partial charge >= 0.3 is 0 Å². The second-order valence-corrected chi connectivity index (χ2v) is 8.56. The minimum absolute atomic E-state index is 0.346. The fourth-order valence-corrected chi connectivity index (χ4v) is 6.13. The summed E-state index contributed by atoms with van der Waals surface area (Å²) in [4.78, 5) is 12.2. The van der Waals surface area contributed by atoms with Gasteiger partial charge in [0.2, 0.25) is 0 Å². The summed E-state index contributed by atoms with van der Waals surface area (Å²) in [5.41, 5.74) is 0.346. The van der Waals surface area contributed by atoms with Gasteiger partial charge in [-0.05, 0) is 67.6 Å². The van der Waals surface area contributed by atoms with Gasteiger partial charge in [0, 0.05) is 12.3 Å². The maximum atomic E-state index is 12.2. The highest BCUT2D eigenvalue weighted by atomic mass is 16.1. The van der Waals surface area contributed by atoms with Crippen LogP contribution < -0.4 is 0 Å². The first-order valence-corrected chi connectivity index (χ1v) is 9.03. The molecule has 1 heteroatoms. The minimum atomic E-state index is 0.346. The predicted molar refractivity (Wildman–Crippen MR) is 83.5 cm³/mol. The summed E-state index contributed by atoms with van der Waals surface area (Å²) in [6, 6.07) is 0. The molecule has 0 aromatic carbocycles. The van der Waals surface area contributed by atoms with Gasteiger partial charge in [0.1, 0.15) is 5.78 Å². The van der Waals surface area contributed by atoms with Crippen molar-refractivity contribution in [3.05, 3.63) is 0 Å². The van der Waals surface area contributed by atoms with Crippen molar-refractivity contribution in [1.29, 1.82) is 0 Å². The highest BCUT2D eigenvalue weighted by Crippen LogP contribution is 2.57. The SMILES string of the molecule is CC1CCC(C[C@@H](C)C2CC[C@@H]3C(=O)CCC[C@]23C)C1. The van der Waals surface area contributed by atoms with E-state index in [0.29, 0.717) is 17.1 Å². The van der Waals surface area contributed by atoms with Crippen molar-refractivity contribution < 1.29 is 4.79 Å². The first-order chi connectivity index (χ1) is 9.50. The molecule has 0 heterocycles. The molecule has 3 saturated carbocycles. The molecule has 3 fully saturated rings. The molecule has 20 heavy (non-hydrogen) atoms. The van der Waals surface area contributed by atoms with E-state index in [4.69, 9.17) is 0 Å². The molecule has 1 nitrogen and oxygen atoms in total. The van der Waals surface area contributed by atoms with E-state index >= 15 is 0 Å².